The first kappa shape index (κ1) is 13.6. The third-order valence-electron chi connectivity index (χ3n) is 1.61. The monoisotopic (exact) mass is 282 g/mol. The number of carbonyl (C=O) groups excluding carboxylic acids is 1. The Morgan fingerprint density at radius 2 is 2.06 bits per heavy atom. The maximum Gasteiger partial charge on any atom is 0.351 e. The van der Waals surface area contributed by atoms with Crippen LogP contribution in [0, 0.1) is 0 Å². The first-order chi connectivity index (χ1) is 7.56. The molecule has 0 heterocycles. The number of halogens is 3. The summed E-state index contributed by atoms with van der Waals surface area (Å²) in [6, 6.07) is 4.80. The number of esters is 1. The highest BCUT2D eigenvalue weighted by atomic mass is 35.5. The van der Waals surface area contributed by atoms with Gasteiger partial charge in [-0.05, 0) is 19.1 Å². The van der Waals surface area contributed by atoms with E-state index in [2.05, 4.69) is 4.74 Å². The molecule has 0 aliphatic rings. The summed E-state index contributed by atoms with van der Waals surface area (Å²) in [5, 5.41) is 0.619. The van der Waals surface area contributed by atoms with Crippen LogP contribution >= 0.6 is 35.0 Å². The highest BCUT2D eigenvalue weighted by Gasteiger charge is 2.22. The minimum atomic E-state index is -1.82. The van der Waals surface area contributed by atoms with Gasteiger partial charge in [0.2, 0.25) is 5.50 Å². The molecule has 0 spiro atoms. The van der Waals surface area contributed by atoms with Crippen molar-refractivity contribution in [1.82, 2.24) is 0 Å². The van der Waals surface area contributed by atoms with Crippen LogP contribution in [-0.4, -0.2) is 18.1 Å². The van der Waals surface area contributed by atoms with Crippen molar-refractivity contribution in [2.24, 2.45) is 0 Å². The number of alkyl halides is 1. The van der Waals surface area contributed by atoms with Gasteiger partial charge in [-0.2, -0.15) is 0 Å². The molecule has 1 atom stereocenters. The molecule has 0 N–H and O–H groups in total. The Balaban J connectivity index is 2.76. The summed E-state index contributed by atoms with van der Waals surface area (Å²) >= 11 is 12.3. The summed E-state index contributed by atoms with van der Waals surface area (Å²) in [7, 11) is 0. The van der Waals surface area contributed by atoms with Crippen molar-refractivity contribution in [3.8, 4) is 0 Å². The molecule has 0 radical (unpaired) electrons. The molecule has 0 aliphatic heterocycles. The standard InChI is InChI=1S/C10H9Cl2FO2S/c1-2-15-10(14)9(13)16-8-6(11)4-3-5-7(8)12/h3-5,9H,2H2,1H3. The van der Waals surface area contributed by atoms with Gasteiger partial charge in [-0.3, -0.25) is 0 Å². The molecule has 16 heavy (non-hydrogen) atoms. The number of ether oxygens (including phenoxy) is 1. The second-order valence-electron chi connectivity index (χ2n) is 2.74. The average Bonchev–Trinajstić information content (AvgIpc) is 2.23. The van der Waals surface area contributed by atoms with Crippen molar-refractivity contribution in [2.45, 2.75) is 17.3 Å². The fourth-order valence-electron chi connectivity index (χ4n) is 0.954. The summed E-state index contributed by atoms with van der Waals surface area (Å²) < 4.78 is 17.9. The molecule has 1 aromatic rings. The molecule has 0 bridgehead atoms. The fraction of sp³-hybridized carbons (Fsp3) is 0.300. The summed E-state index contributed by atoms with van der Waals surface area (Å²) in [5.41, 5.74) is -1.82. The van der Waals surface area contributed by atoms with Gasteiger partial charge in [-0.25, -0.2) is 9.18 Å². The van der Waals surface area contributed by atoms with Gasteiger partial charge in [0, 0.05) is 4.90 Å². The molecule has 1 unspecified atom stereocenters. The van der Waals surface area contributed by atoms with E-state index in [1.165, 1.54) is 0 Å². The van der Waals surface area contributed by atoms with Crippen molar-refractivity contribution >= 4 is 40.9 Å². The van der Waals surface area contributed by atoms with Crippen LogP contribution in [0.3, 0.4) is 0 Å². The average molecular weight is 283 g/mol. The lowest BCUT2D eigenvalue weighted by Crippen LogP contribution is -2.15. The summed E-state index contributed by atoms with van der Waals surface area (Å²) in [6.45, 7) is 1.74. The highest BCUT2D eigenvalue weighted by molar-refractivity contribution is 8.00. The number of carbonyl (C=O) groups is 1. The van der Waals surface area contributed by atoms with Crippen molar-refractivity contribution in [1.29, 1.82) is 0 Å². The van der Waals surface area contributed by atoms with Gasteiger partial charge in [0.15, 0.2) is 0 Å². The third-order valence-corrected chi connectivity index (χ3v) is 3.54. The number of hydrogen-bond acceptors (Lipinski definition) is 3. The number of benzene rings is 1. The molecular formula is C10H9Cl2FO2S. The molecule has 88 valence electrons. The zero-order chi connectivity index (χ0) is 12.1. The fourth-order valence-corrected chi connectivity index (χ4v) is 2.35. The Labute approximate surface area is 107 Å². The molecule has 1 aromatic carbocycles. The smallest absolute Gasteiger partial charge is 0.351 e. The Kier molecular flexibility index (Phi) is 5.38. The Morgan fingerprint density at radius 1 is 1.50 bits per heavy atom. The van der Waals surface area contributed by atoms with Crippen LogP contribution in [0.1, 0.15) is 6.92 Å². The third kappa shape index (κ3) is 3.54. The van der Waals surface area contributed by atoms with E-state index in [0.717, 1.165) is 0 Å². The van der Waals surface area contributed by atoms with Gasteiger partial charge in [-0.15, -0.1) is 0 Å². The van der Waals surface area contributed by atoms with Crippen LogP contribution in [0.25, 0.3) is 0 Å². The van der Waals surface area contributed by atoms with E-state index in [4.69, 9.17) is 23.2 Å². The van der Waals surface area contributed by atoms with E-state index in [-0.39, 0.29) is 6.61 Å². The van der Waals surface area contributed by atoms with Gasteiger partial charge in [0.05, 0.1) is 16.7 Å². The normalized spacial score (nSPS) is 12.2. The highest BCUT2D eigenvalue weighted by Crippen LogP contribution is 2.37. The van der Waals surface area contributed by atoms with E-state index in [0.29, 0.717) is 26.7 Å². The van der Waals surface area contributed by atoms with E-state index in [1.54, 1.807) is 25.1 Å². The minimum absolute atomic E-state index is 0.135. The summed E-state index contributed by atoms with van der Waals surface area (Å²) in [5.74, 6) is -0.927. The molecule has 0 fully saturated rings. The van der Waals surface area contributed by atoms with Gasteiger partial charge < -0.3 is 4.74 Å². The van der Waals surface area contributed by atoms with Gasteiger partial charge in [0.1, 0.15) is 0 Å². The zero-order valence-corrected chi connectivity index (χ0v) is 10.7. The van der Waals surface area contributed by atoms with Crippen molar-refractivity contribution in [3.05, 3.63) is 28.2 Å². The topological polar surface area (TPSA) is 26.3 Å². The lowest BCUT2D eigenvalue weighted by molar-refractivity contribution is -0.145. The molecule has 0 aliphatic carbocycles. The molecule has 6 heteroatoms. The maximum atomic E-state index is 13.4. The van der Waals surface area contributed by atoms with Crippen LogP contribution in [0.4, 0.5) is 4.39 Å². The van der Waals surface area contributed by atoms with Crippen LogP contribution in [-0.2, 0) is 9.53 Å². The summed E-state index contributed by atoms with van der Waals surface area (Å²) in [6.07, 6.45) is 0. The van der Waals surface area contributed by atoms with Crippen LogP contribution in [0.15, 0.2) is 23.1 Å². The van der Waals surface area contributed by atoms with Gasteiger partial charge >= 0.3 is 5.97 Å². The second-order valence-corrected chi connectivity index (χ2v) is 4.61. The van der Waals surface area contributed by atoms with E-state index in [9.17, 15) is 9.18 Å². The number of hydrogen-bond donors (Lipinski definition) is 0. The van der Waals surface area contributed by atoms with Crippen LogP contribution in [0.2, 0.25) is 10.0 Å². The Morgan fingerprint density at radius 3 is 2.56 bits per heavy atom. The lowest BCUT2D eigenvalue weighted by Gasteiger charge is -2.09. The van der Waals surface area contributed by atoms with Gasteiger partial charge in [-0.1, -0.05) is 41.0 Å². The zero-order valence-electron chi connectivity index (χ0n) is 8.38. The molecule has 1 rings (SSSR count). The first-order valence-corrected chi connectivity index (χ1v) is 6.11. The van der Waals surface area contributed by atoms with Crippen molar-refractivity contribution in [2.75, 3.05) is 6.61 Å². The lowest BCUT2D eigenvalue weighted by atomic mass is 10.4. The second kappa shape index (κ2) is 6.33. The van der Waals surface area contributed by atoms with Crippen LogP contribution in [0.5, 0.6) is 0 Å². The first-order valence-electron chi connectivity index (χ1n) is 4.47. The summed E-state index contributed by atoms with van der Waals surface area (Å²) in [4.78, 5) is 11.4. The number of rotatable bonds is 4. The maximum absolute atomic E-state index is 13.4. The van der Waals surface area contributed by atoms with E-state index >= 15 is 0 Å². The number of thioether (sulfide) groups is 1. The largest absolute Gasteiger partial charge is 0.463 e. The minimum Gasteiger partial charge on any atom is -0.463 e. The molecule has 0 saturated carbocycles. The van der Waals surface area contributed by atoms with Crippen LogP contribution < -0.4 is 0 Å². The van der Waals surface area contributed by atoms with Crippen molar-refractivity contribution in [3.63, 3.8) is 0 Å². The van der Waals surface area contributed by atoms with Crippen molar-refractivity contribution < 1.29 is 13.9 Å². The van der Waals surface area contributed by atoms with E-state index in [1.807, 2.05) is 0 Å². The van der Waals surface area contributed by atoms with E-state index < -0.39 is 11.5 Å². The molecule has 0 aromatic heterocycles. The predicted molar refractivity (Wildman–Crippen MR) is 63.8 cm³/mol. The molecule has 0 amide bonds. The molecule has 0 saturated heterocycles. The quantitative estimate of drug-likeness (QED) is 0.618. The SMILES string of the molecule is CCOC(=O)C(F)Sc1c(Cl)cccc1Cl. The Hall–Kier alpha value is -0.450. The van der Waals surface area contributed by atoms with Gasteiger partial charge in [0.25, 0.3) is 0 Å². The molecule has 2 nitrogen and oxygen atoms in total. The predicted octanol–water partition coefficient (Wildman–Crippen LogP) is 3.94. The Bertz CT molecular complexity index is 367. The molecular weight excluding hydrogens is 274 g/mol.